The maximum Gasteiger partial charge on any atom is 0.414 e. The summed E-state index contributed by atoms with van der Waals surface area (Å²) in [6, 6.07) is 6.82. The van der Waals surface area contributed by atoms with Crippen molar-refractivity contribution in [3.8, 4) is 5.75 Å². The van der Waals surface area contributed by atoms with Crippen molar-refractivity contribution >= 4 is 17.7 Å². The fourth-order valence-electron chi connectivity index (χ4n) is 3.62. The van der Waals surface area contributed by atoms with Gasteiger partial charge < -0.3 is 19.6 Å². The first kappa shape index (κ1) is 21.0. The Balaban J connectivity index is 1.72. The van der Waals surface area contributed by atoms with Gasteiger partial charge >= 0.3 is 6.09 Å². The molecule has 6 heteroatoms. The van der Waals surface area contributed by atoms with Crippen LogP contribution < -0.4 is 4.74 Å². The first-order valence-corrected chi connectivity index (χ1v) is 9.91. The number of aliphatic hydroxyl groups excluding tert-OH is 1. The van der Waals surface area contributed by atoms with E-state index in [9.17, 15) is 4.79 Å². The molecule has 1 amide bonds. The van der Waals surface area contributed by atoms with Crippen LogP contribution in [-0.2, 0) is 0 Å². The lowest BCUT2D eigenvalue weighted by Gasteiger charge is -2.33. The maximum atomic E-state index is 12.2. The Hall–Kier alpha value is -1.30. The molecule has 0 atom stereocenters. The number of amides is 1. The minimum absolute atomic E-state index is 0.226. The number of halogens is 1. The van der Waals surface area contributed by atoms with Gasteiger partial charge in [0, 0.05) is 31.7 Å². The molecule has 5 nitrogen and oxygen atoms in total. The fraction of sp³-hybridized carbons (Fsp3) is 0.650. The van der Waals surface area contributed by atoms with Crippen LogP contribution in [0.25, 0.3) is 0 Å². The van der Waals surface area contributed by atoms with Gasteiger partial charge in [-0.3, -0.25) is 0 Å². The molecule has 1 aliphatic rings. The number of carbonyl (C=O) groups excluding carboxylic acids is 1. The molecule has 1 N–H and O–H groups in total. The maximum absolute atomic E-state index is 12.2. The Morgan fingerprint density at radius 1 is 1.15 bits per heavy atom. The predicted molar refractivity (Wildman–Crippen MR) is 105 cm³/mol. The number of nitrogens with zero attached hydrogens (tertiary/aromatic N) is 2. The van der Waals surface area contributed by atoms with Crippen LogP contribution in [-0.4, -0.2) is 60.8 Å². The van der Waals surface area contributed by atoms with Crippen LogP contribution in [0.3, 0.4) is 0 Å². The molecular formula is C20H31ClN2O3. The van der Waals surface area contributed by atoms with Gasteiger partial charge in [0.25, 0.3) is 0 Å². The number of carbonyl (C=O) groups is 1. The highest BCUT2D eigenvalue weighted by atomic mass is 35.5. The van der Waals surface area contributed by atoms with Crippen molar-refractivity contribution in [1.29, 1.82) is 0 Å². The Kier molecular flexibility index (Phi) is 8.69. The van der Waals surface area contributed by atoms with Crippen LogP contribution in [0.5, 0.6) is 5.75 Å². The second-order valence-corrected chi connectivity index (χ2v) is 7.64. The molecule has 0 unspecified atom stereocenters. The summed E-state index contributed by atoms with van der Waals surface area (Å²) in [4.78, 5) is 16.2. The zero-order valence-corrected chi connectivity index (χ0v) is 16.6. The molecular weight excluding hydrogens is 352 g/mol. The molecule has 0 spiro atoms. The van der Waals surface area contributed by atoms with Crippen molar-refractivity contribution in [2.24, 2.45) is 11.8 Å². The number of hydrogen-bond donors (Lipinski definition) is 1. The summed E-state index contributed by atoms with van der Waals surface area (Å²) in [5.74, 6) is 1.74. The van der Waals surface area contributed by atoms with E-state index in [0.717, 1.165) is 39.0 Å². The zero-order chi connectivity index (χ0) is 18.9. The Labute approximate surface area is 161 Å². The predicted octanol–water partition coefficient (Wildman–Crippen LogP) is 3.89. The molecule has 0 bridgehead atoms. The summed E-state index contributed by atoms with van der Waals surface area (Å²) in [6.45, 7) is 5.91. The summed E-state index contributed by atoms with van der Waals surface area (Å²) in [5.41, 5.74) is 0. The molecule has 0 aromatic heterocycles. The van der Waals surface area contributed by atoms with E-state index in [4.69, 9.17) is 21.4 Å². The van der Waals surface area contributed by atoms with Gasteiger partial charge in [0.15, 0.2) is 0 Å². The third-order valence-corrected chi connectivity index (χ3v) is 5.46. The van der Waals surface area contributed by atoms with Crippen LogP contribution in [0.15, 0.2) is 24.3 Å². The van der Waals surface area contributed by atoms with Gasteiger partial charge in [-0.2, -0.15) is 0 Å². The number of aliphatic hydroxyl groups is 1. The summed E-state index contributed by atoms with van der Waals surface area (Å²) in [5, 5.41) is 9.73. The quantitative estimate of drug-likeness (QED) is 0.741. The van der Waals surface area contributed by atoms with Crippen LogP contribution in [0, 0.1) is 11.8 Å². The highest BCUT2D eigenvalue weighted by Gasteiger charge is 2.25. The molecule has 0 heterocycles. The van der Waals surface area contributed by atoms with Crippen LogP contribution >= 0.6 is 11.6 Å². The van der Waals surface area contributed by atoms with E-state index >= 15 is 0 Å². The average Bonchev–Trinajstić information content (AvgIpc) is 2.64. The monoisotopic (exact) mass is 382 g/mol. The molecule has 1 aromatic carbocycles. The molecule has 1 aliphatic carbocycles. The van der Waals surface area contributed by atoms with Gasteiger partial charge in [-0.15, -0.1) is 0 Å². The fourth-order valence-corrected chi connectivity index (χ4v) is 3.75. The highest BCUT2D eigenvalue weighted by molar-refractivity contribution is 6.30. The standard InChI is InChI=1S/C20H31ClN2O3/c1-3-23(12-13-24)15-17-6-4-16(5-7-17)14-22(2)20(25)26-19-10-8-18(21)9-11-19/h8-11,16-17,24H,3-7,12-15H2,1-2H3. The molecule has 1 aromatic rings. The van der Waals surface area contributed by atoms with E-state index in [-0.39, 0.29) is 12.7 Å². The molecule has 0 radical (unpaired) electrons. The summed E-state index contributed by atoms with van der Waals surface area (Å²) in [6.07, 6.45) is 4.33. The third-order valence-electron chi connectivity index (χ3n) is 5.21. The number of likely N-dealkylation sites (N-methyl/N-ethyl adjacent to an activating group) is 1. The van der Waals surface area contributed by atoms with E-state index < -0.39 is 0 Å². The number of ether oxygens (including phenoxy) is 1. The number of rotatable bonds is 8. The summed E-state index contributed by atoms with van der Waals surface area (Å²) < 4.78 is 5.39. The van der Waals surface area contributed by atoms with E-state index in [2.05, 4.69) is 11.8 Å². The first-order chi connectivity index (χ1) is 12.5. The average molecular weight is 383 g/mol. The minimum Gasteiger partial charge on any atom is -0.410 e. The second kappa shape index (κ2) is 10.8. The van der Waals surface area contributed by atoms with E-state index in [0.29, 0.717) is 22.6 Å². The molecule has 1 saturated carbocycles. The van der Waals surface area contributed by atoms with E-state index in [1.54, 1.807) is 36.2 Å². The lowest BCUT2D eigenvalue weighted by Crippen LogP contribution is -2.37. The van der Waals surface area contributed by atoms with Gasteiger partial charge in [0.2, 0.25) is 0 Å². The molecule has 0 saturated heterocycles. The number of hydrogen-bond acceptors (Lipinski definition) is 4. The highest BCUT2D eigenvalue weighted by Crippen LogP contribution is 2.30. The zero-order valence-electron chi connectivity index (χ0n) is 15.9. The first-order valence-electron chi connectivity index (χ1n) is 9.53. The lowest BCUT2D eigenvalue weighted by molar-refractivity contribution is 0.132. The minimum atomic E-state index is -0.324. The van der Waals surface area contributed by atoms with Gasteiger partial charge in [-0.1, -0.05) is 18.5 Å². The second-order valence-electron chi connectivity index (χ2n) is 7.21. The Morgan fingerprint density at radius 3 is 2.27 bits per heavy atom. The molecule has 146 valence electrons. The SMILES string of the molecule is CCN(CCO)CC1CCC(CN(C)C(=O)Oc2ccc(Cl)cc2)CC1. The van der Waals surface area contributed by atoms with Crippen molar-refractivity contribution in [2.45, 2.75) is 32.6 Å². The van der Waals surface area contributed by atoms with Crippen molar-refractivity contribution in [3.63, 3.8) is 0 Å². The van der Waals surface area contributed by atoms with E-state index in [1.165, 1.54) is 12.8 Å². The third kappa shape index (κ3) is 6.78. The van der Waals surface area contributed by atoms with Crippen LogP contribution in [0.4, 0.5) is 4.79 Å². The van der Waals surface area contributed by atoms with E-state index in [1.807, 2.05) is 0 Å². The van der Waals surface area contributed by atoms with Gasteiger partial charge in [0.1, 0.15) is 5.75 Å². The number of benzene rings is 1. The molecule has 1 fully saturated rings. The Morgan fingerprint density at radius 2 is 1.73 bits per heavy atom. The summed E-state index contributed by atoms with van der Waals surface area (Å²) >= 11 is 5.84. The van der Waals surface area contributed by atoms with Crippen LogP contribution in [0.2, 0.25) is 5.02 Å². The van der Waals surface area contributed by atoms with Gasteiger partial charge in [-0.05, 0) is 68.3 Å². The summed E-state index contributed by atoms with van der Waals surface area (Å²) in [7, 11) is 1.80. The van der Waals surface area contributed by atoms with Crippen molar-refractivity contribution in [1.82, 2.24) is 9.80 Å². The molecule has 26 heavy (non-hydrogen) atoms. The normalized spacial score (nSPS) is 20.2. The van der Waals surface area contributed by atoms with Crippen molar-refractivity contribution < 1.29 is 14.6 Å². The lowest BCUT2D eigenvalue weighted by atomic mass is 9.81. The van der Waals surface area contributed by atoms with Crippen molar-refractivity contribution in [3.05, 3.63) is 29.3 Å². The molecule has 0 aliphatic heterocycles. The Bertz CT molecular complexity index is 544. The smallest absolute Gasteiger partial charge is 0.410 e. The van der Waals surface area contributed by atoms with Gasteiger partial charge in [-0.25, -0.2) is 4.79 Å². The largest absolute Gasteiger partial charge is 0.414 e. The molecule has 2 rings (SSSR count). The van der Waals surface area contributed by atoms with Crippen molar-refractivity contribution in [2.75, 3.05) is 39.8 Å². The van der Waals surface area contributed by atoms with Crippen LogP contribution in [0.1, 0.15) is 32.6 Å². The topological polar surface area (TPSA) is 53.0 Å². The van der Waals surface area contributed by atoms with Gasteiger partial charge in [0.05, 0.1) is 6.61 Å².